The minimum atomic E-state index is -0.168. The maximum Gasteiger partial charge on any atom is 0.251 e. The molecule has 2 aromatic carbocycles. The highest BCUT2D eigenvalue weighted by Gasteiger charge is 2.49. The Morgan fingerprint density at radius 2 is 1.78 bits per heavy atom. The van der Waals surface area contributed by atoms with Crippen LogP contribution in [0.1, 0.15) is 66.1 Å². The van der Waals surface area contributed by atoms with Crippen molar-refractivity contribution in [2.45, 2.75) is 63.6 Å². The highest BCUT2D eigenvalue weighted by atomic mass is 16.2. The molecule has 1 saturated carbocycles. The molecule has 5 nitrogen and oxygen atoms in total. The van der Waals surface area contributed by atoms with Gasteiger partial charge in [-0.3, -0.25) is 9.59 Å². The van der Waals surface area contributed by atoms with E-state index in [2.05, 4.69) is 64.1 Å². The summed E-state index contributed by atoms with van der Waals surface area (Å²) in [6.07, 6.45) is 14.7. The average Bonchev–Trinajstić information content (AvgIpc) is 3.39. The maximum atomic E-state index is 14.3. The lowest BCUT2D eigenvalue weighted by Gasteiger charge is -2.44. The number of hydrogen-bond acceptors (Lipinski definition) is 3. The summed E-state index contributed by atoms with van der Waals surface area (Å²) in [5.74, 6) is 0.794. The molecule has 0 aromatic heterocycles. The van der Waals surface area contributed by atoms with Crippen molar-refractivity contribution < 1.29 is 9.59 Å². The van der Waals surface area contributed by atoms with Gasteiger partial charge in [0, 0.05) is 41.7 Å². The number of benzene rings is 2. The summed E-state index contributed by atoms with van der Waals surface area (Å²) in [6.45, 7) is 2.74. The van der Waals surface area contributed by atoms with Crippen molar-refractivity contribution >= 4 is 17.5 Å². The molecule has 37 heavy (non-hydrogen) atoms. The molecule has 2 heterocycles. The number of anilines is 1. The topological polar surface area (TPSA) is 61.4 Å². The molecule has 0 bridgehead atoms. The summed E-state index contributed by atoms with van der Waals surface area (Å²) in [7, 11) is 0. The first kappa shape index (κ1) is 24.0. The minimum Gasteiger partial charge on any atom is -0.381 e. The quantitative estimate of drug-likeness (QED) is 0.564. The number of rotatable bonds is 4. The number of aryl methyl sites for hydroxylation is 1. The zero-order chi connectivity index (χ0) is 25.4. The molecule has 2 aromatic rings. The number of allylic oxidation sites excluding steroid dienone is 3. The van der Waals surface area contributed by atoms with Gasteiger partial charge in [0.2, 0.25) is 5.91 Å². The van der Waals surface area contributed by atoms with Gasteiger partial charge >= 0.3 is 0 Å². The first-order chi connectivity index (χ1) is 18.1. The normalized spacial score (nSPS) is 30.2. The van der Waals surface area contributed by atoms with Gasteiger partial charge in [0.1, 0.15) is 0 Å². The first-order valence-corrected chi connectivity index (χ1v) is 14.0. The fraction of sp³-hybridized carbons (Fsp3) is 0.438. The van der Waals surface area contributed by atoms with Crippen LogP contribution in [0.4, 0.5) is 5.69 Å². The van der Waals surface area contributed by atoms with Crippen LogP contribution in [0.25, 0.3) is 0 Å². The Hall–Kier alpha value is -3.34. The molecule has 0 spiro atoms. The van der Waals surface area contributed by atoms with Crippen LogP contribution < -0.4 is 10.6 Å². The minimum absolute atomic E-state index is 0.0634. The number of fused-ring (bicyclic) bond motifs is 3. The molecule has 1 unspecified atom stereocenters. The molecule has 6 rings (SSSR count). The molecular weight excluding hydrogens is 458 g/mol. The van der Waals surface area contributed by atoms with Crippen LogP contribution in [0.15, 0.2) is 72.8 Å². The number of likely N-dealkylation sites (tertiary alicyclic amines) is 1. The van der Waals surface area contributed by atoms with Crippen LogP contribution in [0, 0.1) is 24.7 Å². The maximum absolute atomic E-state index is 14.3. The van der Waals surface area contributed by atoms with Crippen molar-refractivity contribution in [1.29, 1.82) is 0 Å². The van der Waals surface area contributed by atoms with Gasteiger partial charge in [-0.2, -0.15) is 0 Å². The molecule has 6 atom stereocenters. The summed E-state index contributed by atoms with van der Waals surface area (Å²) < 4.78 is 0. The highest BCUT2D eigenvalue weighted by molar-refractivity contribution is 5.96. The number of hydrogen-bond donors (Lipinski definition) is 2. The van der Waals surface area contributed by atoms with Crippen LogP contribution >= 0.6 is 0 Å². The van der Waals surface area contributed by atoms with E-state index in [9.17, 15) is 9.59 Å². The molecule has 5 heteroatoms. The molecule has 2 amide bonds. The van der Waals surface area contributed by atoms with Gasteiger partial charge in [0.15, 0.2) is 0 Å². The zero-order valence-corrected chi connectivity index (χ0v) is 21.6. The number of carbonyl (C=O) groups excluding carboxylic acids is 2. The third kappa shape index (κ3) is 4.49. The van der Waals surface area contributed by atoms with Crippen LogP contribution in [-0.4, -0.2) is 35.3 Å². The number of amides is 2. The SMILES string of the molecule is Cc1ccccc1C(=O)N[C@@H]1CCCC[C@@H]1C(=O)N1CC[C@@H]2[C@H](C3C=CC=CC3)Nc3ccccc3[C@@H]21. The number of para-hydroxylation sites is 1. The Labute approximate surface area is 220 Å². The van der Waals surface area contributed by atoms with Crippen molar-refractivity contribution in [3.05, 3.63) is 89.5 Å². The average molecular weight is 496 g/mol. The van der Waals surface area contributed by atoms with E-state index >= 15 is 0 Å². The summed E-state index contributed by atoms with van der Waals surface area (Å²) in [5.41, 5.74) is 4.06. The number of nitrogens with one attached hydrogen (secondary N) is 2. The van der Waals surface area contributed by atoms with E-state index in [1.165, 1.54) is 5.56 Å². The van der Waals surface area contributed by atoms with Gasteiger partial charge in [-0.15, -0.1) is 0 Å². The molecule has 4 aliphatic rings. The van der Waals surface area contributed by atoms with Crippen molar-refractivity contribution in [2.75, 3.05) is 11.9 Å². The van der Waals surface area contributed by atoms with Crippen LogP contribution in [0.3, 0.4) is 0 Å². The molecule has 2 N–H and O–H groups in total. The van der Waals surface area contributed by atoms with Gasteiger partial charge in [-0.05, 0) is 55.9 Å². The Morgan fingerprint density at radius 1 is 0.973 bits per heavy atom. The lowest BCUT2D eigenvalue weighted by molar-refractivity contribution is -0.139. The summed E-state index contributed by atoms with van der Waals surface area (Å²) in [5, 5.41) is 7.12. The van der Waals surface area contributed by atoms with Gasteiger partial charge < -0.3 is 15.5 Å². The zero-order valence-electron chi connectivity index (χ0n) is 21.6. The van der Waals surface area contributed by atoms with Gasteiger partial charge in [0.25, 0.3) is 5.91 Å². The fourth-order valence-corrected chi connectivity index (χ4v) is 7.19. The largest absolute Gasteiger partial charge is 0.381 e. The molecule has 2 fully saturated rings. The third-order valence-electron chi connectivity index (χ3n) is 9.05. The van der Waals surface area contributed by atoms with E-state index in [4.69, 9.17) is 0 Å². The van der Waals surface area contributed by atoms with E-state index < -0.39 is 0 Å². The predicted octanol–water partition coefficient (Wildman–Crippen LogP) is 5.80. The summed E-state index contributed by atoms with van der Waals surface area (Å²) in [4.78, 5) is 29.6. The van der Waals surface area contributed by atoms with Crippen molar-refractivity contribution in [3.8, 4) is 0 Å². The Morgan fingerprint density at radius 3 is 2.62 bits per heavy atom. The van der Waals surface area contributed by atoms with E-state index in [1.807, 2.05) is 31.2 Å². The first-order valence-electron chi connectivity index (χ1n) is 14.0. The standard InChI is InChI=1S/C32H37N3O2/c1-21-11-5-6-14-23(21)31(36)34-28-18-10-8-16-25(28)32(37)35-20-19-26-29(22-12-3-2-4-13-22)33-27-17-9-7-15-24(27)30(26)35/h2-7,9,11-12,14-15,17,22,25-26,28-30,33H,8,10,13,16,18-20H2,1H3,(H,34,36)/t22?,25-,26+,28+,29-,30-/m0/s1. The third-order valence-corrected chi connectivity index (χ3v) is 9.05. The second kappa shape index (κ2) is 10.2. The molecule has 2 aliphatic carbocycles. The van der Waals surface area contributed by atoms with E-state index in [1.54, 1.807) is 0 Å². The molecule has 192 valence electrons. The molecular formula is C32H37N3O2. The second-order valence-corrected chi connectivity index (χ2v) is 11.2. The lowest BCUT2D eigenvalue weighted by atomic mass is 9.75. The lowest BCUT2D eigenvalue weighted by Crippen LogP contribution is -2.51. The highest BCUT2D eigenvalue weighted by Crippen LogP contribution is 2.49. The Balaban J connectivity index is 1.26. The van der Waals surface area contributed by atoms with Crippen LogP contribution in [0.5, 0.6) is 0 Å². The molecule has 1 saturated heterocycles. The summed E-state index contributed by atoms with van der Waals surface area (Å²) >= 11 is 0. The second-order valence-electron chi connectivity index (χ2n) is 11.2. The molecule has 0 radical (unpaired) electrons. The van der Waals surface area contributed by atoms with Crippen molar-refractivity contribution in [1.82, 2.24) is 10.2 Å². The van der Waals surface area contributed by atoms with Crippen molar-refractivity contribution in [2.24, 2.45) is 17.8 Å². The van der Waals surface area contributed by atoms with Crippen molar-refractivity contribution in [3.63, 3.8) is 0 Å². The Kier molecular flexibility index (Phi) is 6.62. The van der Waals surface area contributed by atoms with E-state index in [0.717, 1.165) is 56.3 Å². The van der Waals surface area contributed by atoms with Gasteiger partial charge in [0.05, 0.1) is 12.0 Å². The van der Waals surface area contributed by atoms with Gasteiger partial charge in [-0.25, -0.2) is 0 Å². The smallest absolute Gasteiger partial charge is 0.251 e. The van der Waals surface area contributed by atoms with Gasteiger partial charge in [-0.1, -0.05) is 73.5 Å². The fourth-order valence-electron chi connectivity index (χ4n) is 7.19. The van der Waals surface area contributed by atoms with Crippen LogP contribution in [0.2, 0.25) is 0 Å². The Bertz CT molecular complexity index is 1230. The number of nitrogens with zero attached hydrogens (tertiary/aromatic N) is 1. The number of carbonyl (C=O) groups is 2. The van der Waals surface area contributed by atoms with E-state index in [-0.39, 0.29) is 29.8 Å². The van der Waals surface area contributed by atoms with E-state index in [0.29, 0.717) is 23.4 Å². The van der Waals surface area contributed by atoms with Crippen LogP contribution in [-0.2, 0) is 4.79 Å². The molecule has 2 aliphatic heterocycles. The summed E-state index contributed by atoms with van der Waals surface area (Å²) in [6, 6.07) is 16.5. The predicted molar refractivity (Wildman–Crippen MR) is 147 cm³/mol. The monoisotopic (exact) mass is 495 g/mol.